The second-order valence-electron chi connectivity index (χ2n) is 3.76. The van der Waals surface area contributed by atoms with E-state index in [1.807, 2.05) is 13.0 Å². The van der Waals surface area contributed by atoms with E-state index in [2.05, 4.69) is 26.8 Å². The first-order valence-electron chi connectivity index (χ1n) is 5.25. The molecule has 0 amide bonds. The van der Waals surface area contributed by atoms with Crippen molar-refractivity contribution in [2.24, 2.45) is 0 Å². The molecule has 0 aromatic heterocycles. The largest absolute Gasteiger partial charge is 0.507 e. The van der Waals surface area contributed by atoms with Crippen LogP contribution in [0.2, 0.25) is 0 Å². The molecular formula is C12H20NO+. The van der Waals surface area contributed by atoms with E-state index in [4.69, 9.17) is 0 Å². The molecule has 0 saturated heterocycles. The van der Waals surface area contributed by atoms with Crippen molar-refractivity contribution >= 4 is 5.69 Å². The van der Waals surface area contributed by atoms with Crippen LogP contribution in [0.4, 0.5) is 5.69 Å². The molecule has 2 N–H and O–H groups in total. The molecule has 0 aliphatic rings. The number of rotatable bonds is 3. The summed E-state index contributed by atoms with van der Waals surface area (Å²) in [5.74, 6) is 0.407. The van der Waals surface area contributed by atoms with Crippen molar-refractivity contribution in [1.29, 1.82) is 0 Å². The summed E-state index contributed by atoms with van der Waals surface area (Å²) in [5.41, 5.74) is 3.44. The van der Waals surface area contributed by atoms with Crippen LogP contribution in [0.25, 0.3) is 0 Å². The summed E-state index contributed by atoms with van der Waals surface area (Å²) in [6.07, 6.45) is 0. The van der Waals surface area contributed by atoms with Crippen molar-refractivity contribution in [2.45, 2.75) is 27.7 Å². The first-order valence-corrected chi connectivity index (χ1v) is 5.25. The van der Waals surface area contributed by atoms with Crippen molar-refractivity contribution < 1.29 is 10.0 Å². The van der Waals surface area contributed by atoms with Gasteiger partial charge in [-0.3, -0.25) is 0 Å². The average Bonchev–Trinajstić information content (AvgIpc) is 2.15. The Morgan fingerprint density at radius 2 is 1.64 bits per heavy atom. The number of benzene rings is 1. The quantitative estimate of drug-likeness (QED) is 0.750. The molecule has 0 aliphatic carbocycles. The van der Waals surface area contributed by atoms with Crippen molar-refractivity contribution in [3.05, 3.63) is 23.3 Å². The van der Waals surface area contributed by atoms with Gasteiger partial charge in [-0.2, -0.15) is 0 Å². The van der Waals surface area contributed by atoms with Crippen LogP contribution in [0.5, 0.6) is 5.75 Å². The van der Waals surface area contributed by atoms with Crippen molar-refractivity contribution in [3.8, 4) is 5.75 Å². The van der Waals surface area contributed by atoms with E-state index in [1.165, 1.54) is 16.2 Å². The smallest absolute Gasteiger partial charge is 0.137 e. The zero-order valence-corrected chi connectivity index (χ0v) is 9.52. The van der Waals surface area contributed by atoms with Crippen molar-refractivity contribution in [2.75, 3.05) is 13.1 Å². The van der Waals surface area contributed by atoms with Crippen LogP contribution >= 0.6 is 0 Å². The minimum Gasteiger partial charge on any atom is -0.507 e. The normalized spacial score (nSPS) is 10.9. The summed E-state index contributed by atoms with van der Waals surface area (Å²) >= 11 is 0. The van der Waals surface area contributed by atoms with Crippen LogP contribution in [-0.4, -0.2) is 18.2 Å². The summed E-state index contributed by atoms with van der Waals surface area (Å²) in [4.78, 5) is 1.41. The first-order chi connectivity index (χ1) is 6.60. The van der Waals surface area contributed by atoms with Gasteiger partial charge in [-0.05, 0) is 39.3 Å². The van der Waals surface area contributed by atoms with Crippen molar-refractivity contribution in [1.82, 2.24) is 0 Å². The molecule has 0 atom stereocenters. The maximum absolute atomic E-state index is 9.65. The summed E-state index contributed by atoms with van der Waals surface area (Å²) in [7, 11) is 0. The van der Waals surface area contributed by atoms with Crippen LogP contribution in [-0.2, 0) is 0 Å². The summed E-state index contributed by atoms with van der Waals surface area (Å²) in [5, 5.41) is 9.65. The number of phenols is 1. The van der Waals surface area contributed by atoms with Gasteiger partial charge in [0.2, 0.25) is 0 Å². The number of hydrogen-bond donors (Lipinski definition) is 2. The maximum Gasteiger partial charge on any atom is 0.137 e. The highest BCUT2D eigenvalue weighted by molar-refractivity contribution is 5.48. The van der Waals surface area contributed by atoms with Crippen LogP contribution in [0.15, 0.2) is 12.1 Å². The molecule has 0 fully saturated rings. The van der Waals surface area contributed by atoms with Gasteiger partial charge >= 0.3 is 0 Å². The predicted molar refractivity (Wildman–Crippen MR) is 59.3 cm³/mol. The fourth-order valence-electron chi connectivity index (χ4n) is 1.85. The van der Waals surface area contributed by atoms with Gasteiger partial charge in [0, 0.05) is 11.6 Å². The Bertz CT molecular complexity index is 316. The SMILES string of the molecule is CC[NH+](CC)c1cc(O)c(C)cc1C. The molecule has 1 aromatic carbocycles. The van der Waals surface area contributed by atoms with Gasteiger partial charge in [0.25, 0.3) is 0 Å². The molecule has 0 heterocycles. The Labute approximate surface area is 86.2 Å². The third kappa shape index (κ3) is 2.07. The Kier molecular flexibility index (Phi) is 3.53. The average molecular weight is 194 g/mol. The van der Waals surface area contributed by atoms with E-state index in [0.717, 1.165) is 18.7 Å². The number of hydrogen-bond acceptors (Lipinski definition) is 1. The highest BCUT2D eigenvalue weighted by Gasteiger charge is 2.12. The fourth-order valence-corrected chi connectivity index (χ4v) is 1.85. The lowest BCUT2D eigenvalue weighted by Gasteiger charge is -2.17. The molecule has 0 spiro atoms. The van der Waals surface area contributed by atoms with Crippen LogP contribution < -0.4 is 4.90 Å². The number of aryl methyl sites for hydroxylation is 2. The monoisotopic (exact) mass is 194 g/mol. The lowest BCUT2D eigenvalue weighted by molar-refractivity contribution is -0.828. The highest BCUT2D eigenvalue weighted by atomic mass is 16.3. The molecule has 0 aliphatic heterocycles. The number of quaternary nitrogens is 1. The Morgan fingerprint density at radius 1 is 1.07 bits per heavy atom. The number of nitrogens with one attached hydrogen (secondary N) is 1. The lowest BCUT2D eigenvalue weighted by atomic mass is 10.1. The van der Waals surface area contributed by atoms with Gasteiger partial charge in [0.05, 0.1) is 13.1 Å². The van der Waals surface area contributed by atoms with Gasteiger partial charge in [0.1, 0.15) is 11.4 Å². The van der Waals surface area contributed by atoms with E-state index in [9.17, 15) is 5.11 Å². The van der Waals surface area contributed by atoms with E-state index in [-0.39, 0.29) is 0 Å². The van der Waals surface area contributed by atoms with E-state index in [1.54, 1.807) is 0 Å². The fraction of sp³-hybridized carbons (Fsp3) is 0.500. The van der Waals surface area contributed by atoms with Gasteiger partial charge < -0.3 is 10.0 Å². The topological polar surface area (TPSA) is 24.7 Å². The minimum absolute atomic E-state index is 0.407. The van der Waals surface area contributed by atoms with Gasteiger partial charge in [-0.1, -0.05) is 0 Å². The summed E-state index contributed by atoms with van der Waals surface area (Å²) < 4.78 is 0. The van der Waals surface area contributed by atoms with E-state index in [0.29, 0.717) is 5.75 Å². The molecule has 0 unspecified atom stereocenters. The first kappa shape index (κ1) is 11.1. The molecule has 14 heavy (non-hydrogen) atoms. The maximum atomic E-state index is 9.65. The van der Waals surface area contributed by atoms with Gasteiger partial charge in [-0.25, -0.2) is 0 Å². The standard InChI is InChI=1S/C12H19NO/c1-5-13(6-2)11-8-12(14)10(4)7-9(11)3/h7-8,14H,5-6H2,1-4H3/p+1. The summed E-state index contributed by atoms with van der Waals surface area (Å²) in [6.45, 7) is 10.5. The second kappa shape index (κ2) is 4.47. The van der Waals surface area contributed by atoms with Crippen LogP contribution in [0.3, 0.4) is 0 Å². The molecular weight excluding hydrogens is 174 g/mol. The molecule has 0 radical (unpaired) electrons. The van der Waals surface area contributed by atoms with Crippen LogP contribution in [0, 0.1) is 13.8 Å². The van der Waals surface area contributed by atoms with E-state index >= 15 is 0 Å². The molecule has 2 nitrogen and oxygen atoms in total. The van der Waals surface area contributed by atoms with Gasteiger partial charge in [0.15, 0.2) is 0 Å². The molecule has 1 aromatic rings. The van der Waals surface area contributed by atoms with Crippen LogP contribution in [0.1, 0.15) is 25.0 Å². The molecule has 2 heteroatoms. The molecule has 78 valence electrons. The third-order valence-electron chi connectivity index (χ3n) is 2.78. The Morgan fingerprint density at radius 3 is 2.14 bits per heavy atom. The molecule has 0 saturated carbocycles. The van der Waals surface area contributed by atoms with Crippen molar-refractivity contribution in [3.63, 3.8) is 0 Å². The summed E-state index contributed by atoms with van der Waals surface area (Å²) in [6, 6.07) is 3.95. The van der Waals surface area contributed by atoms with E-state index < -0.39 is 0 Å². The highest BCUT2D eigenvalue weighted by Crippen LogP contribution is 2.22. The Hall–Kier alpha value is -1.02. The number of aromatic hydroxyl groups is 1. The zero-order chi connectivity index (χ0) is 10.7. The third-order valence-corrected chi connectivity index (χ3v) is 2.78. The number of phenolic OH excluding ortho intramolecular Hbond substituents is 1. The predicted octanol–water partition coefficient (Wildman–Crippen LogP) is 1.57. The zero-order valence-electron chi connectivity index (χ0n) is 9.52. The molecule has 1 rings (SSSR count). The minimum atomic E-state index is 0.407. The Balaban J connectivity index is 3.14. The molecule has 0 bridgehead atoms. The lowest BCUT2D eigenvalue weighted by Crippen LogP contribution is -3.06. The second-order valence-corrected chi connectivity index (χ2v) is 3.76. The van der Waals surface area contributed by atoms with Gasteiger partial charge in [-0.15, -0.1) is 0 Å².